The number of nitrogens with one attached hydrogen (secondary N) is 1. The van der Waals surface area contributed by atoms with Crippen molar-refractivity contribution in [3.63, 3.8) is 0 Å². The van der Waals surface area contributed by atoms with Crippen LogP contribution in [0.5, 0.6) is 0 Å². The first kappa shape index (κ1) is 11.2. The largest absolute Gasteiger partial charge is 0.496 e. The summed E-state index contributed by atoms with van der Waals surface area (Å²) >= 11 is 0. The van der Waals surface area contributed by atoms with E-state index in [4.69, 9.17) is 4.74 Å². The number of hydrogen-bond donors (Lipinski definition) is 1. The molecule has 1 unspecified atom stereocenters. The maximum atomic E-state index is 5.66. The number of rotatable bonds is 4. The van der Waals surface area contributed by atoms with Crippen molar-refractivity contribution >= 4 is 0 Å². The summed E-state index contributed by atoms with van der Waals surface area (Å²) in [6.45, 7) is 6.01. The molecule has 16 heavy (non-hydrogen) atoms. The third-order valence-corrected chi connectivity index (χ3v) is 2.80. The Balaban J connectivity index is 2.24. The summed E-state index contributed by atoms with van der Waals surface area (Å²) in [5, 5.41) is 3.47. The van der Waals surface area contributed by atoms with Gasteiger partial charge in [-0.15, -0.1) is 0 Å². The minimum absolute atomic E-state index is 0.215. The molecule has 0 saturated carbocycles. The molecule has 1 aromatic carbocycles. The number of likely N-dealkylation sites (N-methyl/N-ethyl adjacent to an activating group) is 1. The lowest BCUT2D eigenvalue weighted by molar-refractivity contribution is 0.216. The molecule has 0 radical (unpaired) electrons. The Kier molecular flexibility index (Phi) is 3.62. The van der Waals surface area contributed by atoms with Gasteiger partial charge in [-0.05, 0) is 25.1 Å². The highest BCUT2D eigenvalue weighted by atomic mass is 16.5. The van der Waals surface area contributed by atoms with Crippen molar-refractivity contribution in [2.24, 2.45) is 0 Å². The molecule has 0 saturated heterocycles. The van der Waals surface area contributed by atoms with Crippen LogP contribution in [-0.2, 0) is 4.74 Å². The molecule has 1 N–H and O–H groups in total. The molecule has 2 heteroatoms. The van der Waals surface area contributed by atoms with Crippen molar-refractivity contribution in [2.75, 3.05) is 13.2 Å². The second kappa shape index (κ2) is 5.17. The van der Waals surface area contributed by atoms with E-state index in [1.54, 1.807) is 0 Å². The lowest BCUT2D eigenvalue weighted by Gasteiger charge is -2.19. The van der Waals surface area contributed by atoms with Crippen molar-refractivity contribution in [2.45, 2.75) is 26.3 Å². The number of hydrogen-bond acceptors (Lipinski definition) is 2. The first-order valence-corrected chi connectivity index (χ1v) is 5.94. The highest BCUT2D eigenvalue weighted by Crippen LogP contribution is 2.26. The summed E-state index contributed by atoms with van der Waals surface area (Å²) in [6, 6.07) is 8.81. The van der Waals surface area contributed by atoms with E-state index < -0.39 is 0 Å². The normalized spacial score (nSPS) is 16.8. The maximum absolute atomic E-state index is 5.66. The van der Waals surface area contributed by atoms with Crippen LogP contribution in [0.15, 0.2) is 36.1 Å². The highest BCUT2D eigenvalue weighted by molar-refractivity contribution is 5.30. The summed E-state index contributed by atoms with van der Waals surface area (Å²) < 4.78 is 5.66. The Labute approximate surface area is 97.3 Å². The van der Waals surface area contributed by atoms with Gasteiger partial charge in [0.25, 0.3) is 0 Å². The summed E-state index contributed by atoms with van der Waals surface area (Å²) in [6.07, 6.45) is 3.22. The Bertz CT molecular complexity index is 384. The third kappa shape index (κ3) is 2.45. The van der Waals surface area contributed by atoms with Crippen molar-refractivity contribution in [3.8, 4) is 0 Å². The molecule has 2 nitrogen and oxygen atoms in total. The van der Waals surface area contributed by atoms with E-state index in [-0.39, 0.29) is 6.04 Å². The third-order valence-electron chi connectivity index (χ3n) is 2.80. The maximum Gasteiger partial charge on any atom is 0.114 e. The molecule has 0 aliphatic carbocycles. The molecule has 1 aromatic rings. The SMILES string of the molecule is CCNC(C1=CCCO1)c1cccc(C)c1. The van der Waals surface area contributed by atoms with Crippen LogP contribution in [0, 0.1) is 6.92 Å². The van der Waals surface area contributed by atoms with E-state index >= 15 is 0 Å². The molecule has 0 spiro atoms. The molecule has 1 aliphatic heterocycles. The Morgan fingerprint density at radius 2 is 2.31 bits per heavy atom. The van der Waals surface area contributed by atoms with Gasteiger partial charge < -0.3 is 10.1 Å². The van der Waals surface area contributed by atoms with Crippen LogP contribution in [0.1, 0.15) is 30.5 Å². The molecule has 0 bridgehead atoms. The van der Waals surface area contributed by atoms with Gasteiger partial charge in [0, 0.05) is 6.42 Å². The molecule has 0 aromatic heterocycles. The van der Waals surface area contributed by atoms with E-state index in [1.807, 2.05) is 0 Å². The average Bonchev–Trinajstić information content (AvgIpc) is 2.79. The Morgan fingerprint density at radius 3 is 2.94 bits per heavy atom. The minimum atomic E-state index is 0.215. The second-order valence-corrected chi connectivity index (χ2v) is 4.15. The molecule has 0 amide bonds. The molecular weight excluding hydrogens is 198 g/mol. The predicted octanol–water partition coefficient (Wildman–Crippen LogP) is 2.95. The Hall–Kier alpha value is -1.28. The number of aryl methyl sites for hydroxylation is 1. The fourth-order valence-corrected chi connectivity index (χ4v) is 2.07. The van der Waals surface area contributed by atoms with Crippen molar-refractivity contribution in [3.05, 3.63) is 47.2 Å². The topological polar surface area (TPSA) is 21.3 Å². The molecule has 1 heterocycles. The van der Waals surface area contributed by atoms with Crippen LogP contribution in [0.2, 0.25) is 0 Å². The molecule has 86 valence electrons. The fourth-order valence-electron chi connectivity index (χ4n) is 2.07. The van der Waals surface area contributed by atoms with Crippen LogP contribution < -0.4 is 5.32 Å². The standard InChI is InChI=1S/C14H19NO/c1-3-15-14(13-8-5-9-16-13)12-7-4-6-11(2)10-12/h4,6-8,10,14-15H,3,5,9H2,1-2H3. The first-order chi connectivity index (χ1) is 7.81. The quantitative estimate of drug-likeness (QED) is 0.837. The lowest BCUT2D eigenvalue weighted by atomic mass is 10.0. The summed E-state index contributed by atoms with van der Waals surface area (Å²) in [4.78, 5) is 0. The second-order valence-electron chi connectivity index (χ2n) is 4.15. The van der Waals surface area contributed by atoms with Crippen LogP contribution in [0.3, 0.4) is 0 Å². The molecule has 2 rings (SSSR count). The zero-order valence-corrected chi connectivity index (χ0v) is 9.99. The van der Waals surface area contributed by atoms with Gasteiger partial charge in [-0.3, -0.25) is 0 Å². The van der Waals surface area contributed by atoms with Crippen molar-refractivity contribution in [1.82, 2.24) is 5.32 Å². The van der Waals surface area contributed by atoms with Crippen molar-refractivity contribution in [1.29, 1.82) is 0 Å². The zero-order valence-electron chi connectivity index (χ0n) is 9.99. The van der Waals surface area contributed by atoms with Gasteiger partial charge in [0.1, 0.15) is 5.76 Å². The molecule has 1 atom stereocenters. The van der Waals surface area contributed by atoms with Gasteiger partial charge in [-0.25, -0.2) is 0 Å². The summed E-state index contributed by atoms with van der Waals surface area (Å²) in [7, 11) is 0. The van der Waals surface area contributed by atoms with Gasteiger partial charge in [0.05, 0.1) is 12.6 Å². The average molecular weight is 217 g/mol. The molecule has 0 fully saturated rings. The van der Waals surface area contributed by atoms with Crippen LogP contribution in [-0.4, -0.2) is 13.2 Å². The fraction of sp³-hybridized carbons (Fsp3) is 0.429. The summed E-state index contributed by atoms with van der Waals surface area (Å²) in [5.41, 5.74) is 2.58. The molecular formula is C14H19NO. The van der Waals surface area contributed by atoms with E-state index in [1.165, 1.54) is 11.1 Å². The van der Waals surface area contributed by atoms with Gasteiger partial charge in [0.15, 0.2) is 0 Å². The predicted molar refractivity (Wildman–Crippen MR) is 66.2 cm³/mol. The van der Waals surface area contributed by atoms with Gasteiger partial charge in [-0.1, -0.05) is 36.8 Å². The van der Waals surface area contributed by atoms with Crippen LogP contribution in [0.25, 0.3) is 0 Å². The van der Waals surface area contributed by atoms with E-state index in [0.717, 1.165) is 25.3 Å². The van der Waals surface area contributed by atoms with Gasteiger partial charge in [-0.2, -0.15) is 0 Å². The monoisotopic (exact) mass is 217 g/mol. The zero-order chi connectivity index (χ0) is 11.4. The smallest absolute Gasteiger partial charge is 0.114 e. The number of ether oxygens (including phenoxy) is 1. The van der Waals surface area contributed by atoms with E-state index in [2.05, 4.69) is 49.5 Å². The van der Waals surface area contributed by atoms with Crippen LogP contribution in [0.4, 0.5) is 0 Å². The lowest BCUT2D eigenvalue weighted by Crippen LogP contribution is -2.23. The first-order valence-electron chi connectivity index (χ1n) is 5.94. The highest BCUT2D eigenvalue weighted by Gasteiger charge is 2.19. The minimum Gasteiger partial charge on any atom is -0.496 e. The van der Waals surface area contributed by atoms with Crippen molar-refractivity contribution < 1.29 is 4.74 Å². The van der Waals surface area contributed by atoms with Gasteiger partial charge >= 0.3 is 0 Å². The van der Waals surface area contributed by atoms with Crippen LogP contribution >= 0.6 is 0 Å². The molecule has 1 aliphatic rings. The van der Waals surface area contributed by atoms with E-state index in [9.17, 15) is 0 Å². The van der Waals surface area contributed by atoms with Gasteiger partial charge in [0.2, 0.25) is 0 Å². The number of benzene rings is 1. The van der Waals surface area contributed by atoms with E-state index in [0.29, 0.717) is 0 Å². The summed E-state index contributed by atoms with van der Waals surface area (Å²) in [5.74, 6) is 1.08. The Morgan fingerprint density at radius 1 is 1.44 bits per heavy atom.